The number of nitrogens with zero attached hydrogens (tertiary/aromatic N) is 4. The first-order valence-electron chi connectivity index (χ1n) is 7.13. The summed E-state index contributed by atoms with van der Waals surface area (Å²) < 4.78 is 5.24. The van der Waals surface area contributed by atoms with Crippen LogP contribution in [0.3, 0.4) is 0 Å². The van der Waals surface area contributed by atoms with Crippen LogP contribution in [-0.2, 0) is 0 Å². The van der Waals surface area contributed by atoms with Gasteiger partial charge in [0.15, 0.2) is 5.82 Å². The fourth-order valence-corrected chi connectivity index (χ4v) is 2.82. The van der Waals surface area contributed by atoms with Gasteiger partial charge in [-0.3, -0.25) is 10.1 Å². The SMILES string of the molecule is Cc1noc(C2CCCN(c3cc(N)ccc3[N+](=O)[O-])C2)n1. The molecular formula is C14H17N5O3. The van der Waals surface area contributed by atoms with Crippen LogP contribution in [0.2, 0.25) is 0 Å². The van der Waals surface area contributed by atoms with Crippen molar-refractivity contribution in [1.82, 2.24) is 10.1 Å². The summed E-state index contributed by atoms with van der Waals surface area (Å²) in [4.78, 5) is 17.1. The van der Waals surface area contributed by atoms with Crippen molar-refractivity contribution in [3.05, 3.63) is 40.0 Å². The second-order valence-corrected chi connectivity index (χ2v) is 5.47. The second kappa shape index (κ2) is 5.63. The minimum atomic E-state index is -0.380. The molecule has 2 heterocycles. The summed E-state index contributed by atoms with van der Waals surface area (Å²) in [5.74, 6) is 1.27. The molecule has 0 aliphatic carbocycles. The molecule has 3 rings (SSSR count). The summed E-state index contributed by atoms with van der Waals surface area (Å²) >= 11 is 0. The quantitative estimate of drug-likeness (QED) is 0.525. The van der Waals surface area contributed by atoms with Gasteiger partial charge < -0.3 is 15.2 Å². The van der Waals surface area contributed by atoms with Gasteiger partial charge in [0, 0.05) is 24.8 Å². The molecular weight excluding hydrogens is 286 g/mol. The molecule has 0 radical (unpaired) electrons. The summed E-state index contributed by atoms with van der Waals surface area (Å²) in [6.45, 7) is 3.12. The molecule has 116 valence electrons. The van der Waals surface area contributed by atoms with Crippen molar-refractivity contribution in [2.75, 3.05) is 23.7 Å². The van der Waals surface area contributed by atoms with Crippen molar-refractivity contribution in [2.45, 2.75) is 25.7 Å². The zero-order valence-corrected chi connectivity index (χ0v) is 12.2. The Morgan fingerprint density at radius 3 is 3.00 bits per heavy atom. The van der Waals surface area contributed by atoms with Gasteiger partial charge in [0.2, 0.25) is 5.89 Å². The fourth-order valence-electron chi connectivity index (χ4n) is 2.82. The van der Waals surface area contributed by atoms with Crippen molar-refractivity contribution < 1.29 is 9.45 Å². The topological polar surface area (TPSA) is 111 Å². The lowest BCUT2D eigenvalue weighted by Gasteiger charge is -2.32. The van der Waals surface area contributed by atoms with E-state index in [0.29, 0.717) is 29.6 Å². The molecule has 2 N–H and O–H groups in total. The van der Waals surface area contributed by atoms with Crippen molar-refractivity contribution in [1.29, 1.82) is 0 Å². The van der Waals surface area contributed by atoms with Crippen molar-refractivity contribution in [2.24, 2.45) is 0 Å². The lowest BCUT2D eigenvalue weighted by atomic mass is 9.97. The van der Waals surface area contributed by atoms with Gasteiger partial charge in [-0.15, -0.1) is 0 Å². The van der Waals surface area contributed by atoms with Gasteiger partial charge >= 0.3 is 0 Å². The molecule has 1 saturated heterocycles. The number of nitrogen functional groups attached to an aromatic ring is 1. The van der Waals surface area contributed by atoms with E-state index in [0.717, 1.165) is 19.4 Å². The van der Waals surface area contributed by atoms with E-state index in [2.05, 4.69) is 10.1 Å². The normalized spacial score (nSPS) is 18.4. The van der Waals surface area contributed by atoms with Crippen LogP contribution in [-0.4, -0.2) is 28.2 Å². The highest BCUT2D eigenvalue weighted by atomic mass is 16.6. The van der Waals surface area contributed by atoms with Crippen LogP contribution in [0, 0.1) is 17.0 Å². The molecule has 22 heavy (non-hydrogen) atoms. The van der Waals surface area contributed by atoms with Crippen LogP contribution in [0.4, 0.5) is 17.1 Å². The molecule has 1 aromatic heterocycles. The van der Waals surface area contributed by atoms with Gasteiger partial charge in [0.25, 0.3) is 5.69 Å². The number of nitro benzene ring substituents is 1. The van der Waals surface area contributed by atoms with E-state index in [1.54, 1.807) is 19.1 Å². The van der Waals surface area contributed by atoms with Crippen molar-refractivity contribution >= 4 is 17.1 Å². The van der Waals surface area contributed by atoms with Crippen LogP contribution in [0.1, 0.15) is 30.5 Å². The zero-order chi connectivity index (χ0) is 15.7. The van der Waals surface area contributed by atoms with Crippen molar-refractivity contribution in [3.63, 3.8) is 0 Å². The van der Waals surface area contributed by atoms with E-state index >= 15 is 0 Å². The maximum atomic E-state index is 11.2. The summed E-state index contributed by atoms with van der Waals surface area (Å²) in [5.41, 5.74) is 6.92. The number of nitro groups is 1. The Morgan fingerprint density at radius 2 is 2.32 bits per heavy atom. The molecule has 0 amide bonds. The third kappa shape index (κ3) is 2.72. The third-order valence-electron chi connectivity index (χ3n) is 3.85. The molecule has 1 atom stereocenters. The second-order valence-electron chi connectivity index (χ2n) is 5.47. The Kier molecular flexibility index (Phi) is 3.66. The van der Waals surface area contributed by atoms with Crippen LogP contribution in [0.25, 0.3) is 0 Å². The first-order chi connectivity index (χ1) is 10.5. The van der Waals surface area contributed by atoms with Gasteiger partial charge in [-0.25, -0.2) is 0 Å². The molecule has 8 nitrogen and oxygen atoms in total. The predicted octanol–water partition coefficient (Wildman–Crippen LogP) is 2.25. The van der Waals surface area contributed by atoms with E-state index in [9.17, 15) is 10.1 Å². The number of anilines is 2. The Bertz CT molecular complexity index is 700. The average Bonchev–Trinajstić information content (AvgIpc) is 2.93. The standard InChI is InChI=1S/C14H17N5O3/c1-9-16-14(22-17-9)10-3-2-6-18(8-10)13-7-11(15)4-5-12(13)19(20)21/h4-5,7,10H,2-3,6,8,15H2,1H3. The highest BCUT2D eigenvalue weighted by Crippen LogP contribution is 2.35. The van der Waals surface area contributed by atoms with Crippen LogP contribution in [0.5, 0.6) is 0 Å². The van der Waals surface area contributed by atoms with E-state index in [1.165, 1.54) is 6.07 Å². The minimum absolute atomic E-state index is 0.0663. The minimum Gasteiger partial charge on any atom is -0.399 e. The molecule has 0 saturated carbocycles. The predicted molar refractivity (Wildman–Crippen MR) is 80.7 cm³/mol. The van der Waals surface area contributed by atoms with E-state index in [1.807, 2.05) is 4.90 Å². The Hall–Kier alpha value is -2.64. The molecule has 1 fully saturated rings. The number of nitrogens with two attached hydrogens (primary N) is 1. The molecule has 2 aromatic rings. The van der Waals surface area contributed by atoms with E-state index < -0.39 is 0 Å². The van der Waals surface area contributed by atoms with Crippen LogP contribution >= 0.6 is 0 Å². The molecule has 1 aliphatic heterocycles. The lowest BCUT2D eigenvalue weighted by Crippen LogP contribution is -2.35. The first-order valence-corrected chi connectivity index (χ1v) is 7.13. The first kappa shape index (κ1) is 14.3. The Morgan fingerprint density at radius 1 is 1.50 bits per heavy atom. The Labute approximate surface area is 127 Å². The summed E-state index contributed by atoms with van der Waals surface area (Å²) in [6, 6.07) is 4.65. The van der Waals surface area contributed by atoms with E-state index in [-0.39, 0.29) is 16.5 Å². The van der Waals surface area contributed by atoms with Crippen molar-refractivity contribution in [3.8, 4) is 0 Å². The molecule has 0 spiro atoms. The number of piperidine rings is 1. The maximum Gasteiger partial charge on any atom is 0.292 e. The highest BCUT2D eigenvalue weighted by molar-refractivity contribution is 5.69. The number of hydrogen-bond donors (Lipinski definition) is 1. The molecule has 1 aliphatic rings. The number of benzene rings is 1. The number of aromatic nitrogens is 2. The van der Waals surface area contributed by atoms with Gasteiger partial charge in [0.1, 0.15) is 5.69 Å². The number of hydrogen-bond acceptors (Lipinski definition) is 7. The summed E-state index contributed by atoms with van der Waals surface area (Å²) in [5, 5.41) is 15.0. The van der Waals surface area contributed by atoms with Gasteiger partial charge in [0.05, 0.1) is 10.8 Å². The van der Waals surface area contributed by atoms with Gasteiger partial charge in [-0.1, -0.05) is 5.16 Å². The smallest absolute Gasteiger partial charge is 0.292 e. The number of aryl methyl sites for hydroxylation is 1. The van der Waals surface area contributed by atoms with Gasteiger partial charge in [-0.05, 0) is 31.9 Å². The van der Waals surface area contributed by atoms with Crippen LogP contribution in [0.15, 0.2) is 22.7 Å². The highest BCUT2D eigenvalue weighted by Gasteiger charge is 2.29. The molecule has 0 bridgehead atoms. The summed E-state index contributed by atoms with van der Waals surface area (Å²) in [7, 11) is 0. The Balaban J connectivity index is 1.89. The van der Waals surface area contributed by atoms with Gasteiger partial charge in [-0.2, -0.15) is 4.98 Å². The third-order valence-corrected chi connectivity index (χ3v) is 3.85. The molecule has 1 unspecified atom stereocenters. The largest absolute Gasteiger partial charge is 0.399 e. The molecule has 1 aromatic carbocycles. The maximum absolute atomic E-state index is 11.2. The zero-order valence-electron chi connectivity index (χ0n) is 12.2. The lowest BCUT2D eigenvalue weighted by molar-refractivity contribution is -0.384. The van der Waals surface area contributed by atoms with E-state index in [4.69, 9.17) is 10.3 Å². The summed E-state index contributed by atoms with van der Waals surface area (Å²) in [6.07, 6.45) is 1.83. The van der Waals surface area contributed by atoms with Crippen LogP contribution < -0.4 is 10.6 Å². The molecule has 8 heteroatoms. The average molecular weight is 303 g/mol. The monoisotopic (exact) mass is 303 g/mol. The number of rotatable bonds is 3. The fraction of sp³-hybridized carbons (Fsp3) is 0.429.